The van der Waals surface area contributed by atoms with Gasteiger partial charge in [0.2, 0.25) is 0 Å². The highest BCUT2D eigenvalue weighted by molar-refractivity contribution is 9.10. The van der Waals surface area contributed by atoms with Crippen LogP contribution in [0.5, 0.6) is 0 Å². The van der Waals surface area contributed by atoms with Gasteiger partial charge in [0.05, 0.1) is 10.7 Å². The van der Waals surface area contributed by atoms with E-state index in [9.17, 15) is 0 Å². The van der Waals surface area contributed by atoms with Gasteiger partial charge < -0.3 is 10.1 Å². The van der Waals surface area contributed by atoms with E-state index in [2.05, 4.69) is 26.2 Å². The van der Waals surface area contributed by atoms with E-state index in [1.807, 2.05) is 0 Å². The zero-order chi connectivity index (χ0) is 8.97. The highest BCUT2D eigenvalue weighted by Gasteiger charge is 2.00. The number of ether oxygens (including phenoxy) is 1. The molecule has 0 aliphatic heterocycles. The van der Waals surface area contributed by atoms with Gasteiger partial charge in [-0.05, 0) is 22.0 Å². The topological polar surface area (TPSA) is 34.1 Å². The van der Waals surface area contributed by atoms with Crippen LogP contribution in [-0.2, 0) is 4.74 Å². The number of anilines is 1. The predicted molar refractivity (Wildman–Crippen MR) is 52.4 cm³/mol. The summed E-state index contributed by atoms with van der Waals surface area (Å²) in [5, 5.41) is 3.58. The van der Waals surface area contributed by atoms with Crippen molar-refractivity contribution in [3.63, 3.8) is 0 Å². The molecule has 1 heterocycles. The van der Waals surface area contributed by atoms with Crippen molar-refractivity contribution >= 4 is 33.2 Å². The number of hydrogen-bond donors (Lipinski definition) is 1. The molecule has 1 aromatic heterocycles. The summed E-state index contributed by atoms with van der Waals surface area (Å²) in [6.07, 6.45) is 1.57. The monoisotopic (exact) mass is 250 g/mol. The van der Waals surface area contributed by atoms with Crippen molar-refractivity contribution in [1.82, 2.24) is 4.98 Å². The number of hydrogen-bond acceptors (Lipinski definition) is 3. The minimum absolute atomic E-state index is 0.431. The van der Waals surface area contributed by atoms with E-state index in [1.165, 1.54) is 0 Å². The molecule has 3 nitrogen and oxygen atoms in total. The summed E-state index contributed by atoms with van der Waals surface area (Å²) in [7, 11) is 1.61. The molecular formula is C7H8BrClN2O. The Morgan fingerprint density at radius 1 is 1.75 bits per heavy atom. The van der Waals surface area contributed by atoms with Gasteiger partial charge in [-0.25, -0.2) is 4.98 Å². The summed E-state index contributed by atoms with van der Waals surface area (Å²) >= 11 is 9.00. The van der Waals surface area contributed by atoms with Crippen molar-refractivity contribution in [3.05, 3.63) is 21.9 Å². The lowest BCUT2D eigenvalue weighted by Gasteiger charge is -2.06. The molecule has 0 aromatic carbocycles. The number of halogens is 2. The number of nitrogens with one attached hydrogen (secondary N) is 1. The largest absolute Gasteiger partial charge is 0.365 e. The van der Waals surface area contributed by atoms with Crippen LogP contribution in [0, 0.1) is 0 Å². The van der Waals surface area contributed by atoms with E-state index in [0.29, 0.717) is 11.8 Å². The lowest BCUT2D eigenvalue weighted by atomic mass is 10.4. The van der Waals surface area contributed by atoms with E-state index in [-0.39, 0.29) is 0 Å². The van der Waals surface area contributed by atoms with Crippen LogP contribution in [0.4, 0.5) is 5.69 Å². The van der Waals surface area contributed by atoms with Gasteiger partial charge in [-0.15, -0.1) is 0 Å². The van der Waals surface area contributed by atoms with E-state index in [0.717, 1.165) is 10.3 Å². The Labute approximate surface area is 84.2 Å². The third kappa shape index (κ3) is 2.62. The van der Waals surface area contributed by atoms with Crippen LogP contribution < -0.4 is 5.32 Å². The molecule has 0 aliphatic rings. The summed E-state index contributed by atoms with van der Waals surface area (Å²) in [6.45, 7) is 0.431. The van der Waals surface area contributed by atoms with Crippen LogP contribution in [0.3, 0.4) is 0 Å². The maximum Gasteiger partial charge on any atom is 0.129 e. The lowest BCUT2D eigenvalue weighted by Crippen LogP contribution is -2.03. The fourth-order valence-corrected chi connectivity index (χ4v) is 1.21. The van der Waals surface area contributed by atoms with Crippen LogP contribution in [0.25, 0.3) is 0 Å². The molecule has 0 saturated heterocycles. The average molecular weight is 252 g/mol. The Morgan fingerprint density at radius 2 is 2.50 bits per heavy atom. The lowest BCUT2D eigenvalue weighted by molar-refractivity contribution is 0.221. The van der Waals surface area contributed by atoms with Gasteiger partial charge in [0.15, 0.2) is 0 Å². The van der Waals surface area contributed by atoms with Crippen molar-refractivity contribution < 1.29 is 4.74 Å². The van der Waals surface area contributed by atoms with E-state index in [4.69, 9.17) is 16.3 Å². The van der Waals surface area contributed by atoms with Crippen LogP contribution >= 0.6 is 27.5 Å². The minimum atomic E-state index is 0.431. The van der Waals surface area contributed by atoms with Crippen molar-refractivity contribution in [2.45, 2.75) is 0 Å². The van der Waals surface area contributed by atoms with Gasteiger partial charge in [-0.2, -0.15) is 0 Å². The summed E-state index contributed by atoms with van der Waals surface area (Å²) in [5.41, 5.74) is 0.823. The second-order valence-electron chi connectivity index (χ2n) is 2.10. The first-order valence-electron chi connectivity index (χ1n) is 3.28. The number of nitrogens with zero attached hydrogens (tertiary/aromatic N) is 1. The van der Waals surface area contributed by atoms with E-state index >= 15 is 0 Å². The molecule has 0 atom stereocenters. The predicted octanol–water partition coefficient (Wildman–Crippen LogP) is 2.51. The fourth-order valence-electron chi connectivity index (χ4n) is 0.696. The third-order valence-electron chi connectivity index (χ3n) is 1.21. The molecule has 0 unspecified atom stereocenters. The molecule has 0 radical (unpaired) electrons. The molecule has 0 amide bonds. The molecule has 1 aromatic rings. The van der Waals surface area contributed by atoms with Crippen LogP contribution in [0.1, 0.15) is 0 Å². The van der Waals surface area contributed by atoms with Gasteiger partial charge in [0, 0.05) is 13.3 Å². The second-order valence-corrected chi connectivity index (χ2v) is 3.29. The first-order chi connectivity index (χ1) is 5.74. The van der Waals surface area contributed by atoms with Crippen LogP contribution in [0.2, 0.25) is 5.02 Å². The van der Waals surface area contributed by atoms with Crippen molar-refractivity contribution in [2.24, 2.45) is 0 Å². The summed E-state index contributed by atoms with van der Waals surface area (Å²) in [4.78, 5) is 4.00. The molecule has 1 rings (SSSR count). The zero-order valence-electron chi connectivity index (χ0n) is 6.47. The van der Waals surface area contributed by atoms with Gasteiger partial charge >= 0.3 is 0 Å². The van der Waals surface area contributed by atoms with Crippen LogP contribution in [0.15, 0.2) is 16.9 Å². The molecule has 0 fully saturated rings. The molecule has 66 valence electrons. The molecule has 1 N–H and O–H groups in total. The van der Waals surface area contributed by atoms with Crippen LogP contribution in [-0.4, -0.2) is 18.8 Å². The van der Waals surface area contributed by atoms with E-state index < -0.39 is 0 Å². The molecular weight excluding hydrogens is 243 g/mol. The Kier molecular flexibility index (Phi) is 3.78. The normalized spacial score (nSPS) is 9.92. The fraction of sp³-hybridized carbons (Fsp3) is 0.286. The van der Waals surface area contributed by atoms with Crippen molar-refractivity contribution in [3.8, 4) is 0 Å². The number of rotatable bonds is 3. The quantitative estimate of drug-likeness (QED) is 0.662. The smallest absolute Gasteiger partial charge is 0.129 e. The Hall–Kier alpha value is -0.320. The highest BCUT2D eigenvalue weighted by Crippen LogP contribution is 2.22. The Morgan fingerprint density at radius 3 is 3.17 bits per heavy atom. The molecule has 5 heteroatoms. The van der Waals surface area contributed by atoms with Gasteiger partial charge in [0.1, 0.15) is 11.3 Å². The average Bonchev–Trinajstić information content (AvgIpc) is 2.07. The van der Waals surface area contributed by atoms with Crippen molar-refractivity contribution in [2.75, 3.05) is 19.2 Å². The second kappa shape index (κ2) is 4.64. The first kappa shape index (κ1) is 9.77. The van der Waals surface area contributed by atoms with E-state index in [1.54, 1.807) is 19.4 Å². The summed E-state index contributed by atoms with van der Waals surface area (Å²) in [5.74, 6) is 0. The SMILES string of the molecule is COCNc1cc(Cl)cnc1Br. The first-order valence-corrected chi connectivity index (χ1v) is 4.45. The third-order valence-corrected chi connectivity index (χ3v) is 2.05. The Bertz CT molecular complexity index is 270. The minimum Gasteiger partial charge on any atom is -0.365 e. The highest BCUT2D eigenvalue weighted by atomic mass is 79.9. The maximum absolute atomic E-state index is 5.73. The Balaban J connectivity index is 2.75. The zero-order valence-corrected chi connectivity index (χ0v) is 8.82. The maximum atomic E-state index is 5.73. The van der Waals surface area contributed by atoms with Crippen molar-refractivity contribution in [1.29, 1.82) is 0 Å². The number of methoxy groups -OCH3 is 1. The molecule has 12 heavy (non-hydrogen) atoms. The molecule has 0 aliphatic carbocycles. The standard InChI is InChI=1S/C7H8BrClN2O/c1-12-4-11-6-2-5(9)3-10-7(6)8/h2-3,11H,4H2,1H3. The van der Waals surface area contributed by atoms with Gasteiger partial charge in [-0.1, -0.05) is 11.6 Å². The molecule has 0 spiro atoms. The molecule has 0 saturated carbocycles. The number of pyridine rings is 1. The summed E-state index contributed by atoms with van der Waals surface area (Å²) < 4.78 is 5.56. The van der Waals surface area contributed by atoms with Gasteiger partial charge in [-0.3, -0.25) is 0 Å². The number of aromatic nitrogens is 1. The molecule has 0 bridgehead atoms. The summed E-state index contributed by atoms with van der Waals surface area (Å²) in [6, 6.07) is 1.78. The van der Waals surface area contributed by atoms with Gasteiger partial charge in [0.25, 0.3) is 0 Å².